The second-order valence-corrected chi connectivity index (χ2v) is 4.90. The van der Waals surface area contributed by atoms with Gasteiger partial charge in [-0.25, -0.2) is 5.43 Å². The van der Waals surface area contributed by atoms with E-state index in [2.05, 4.69) is 29.6 Å². The SMILES string of the molecule is Cc1cc(C)c(C=NNC(=O)c2ccoc2C)c(C)c1. The molecular formula is C16H18N2O2. The molecule has 0 saturated carbocycles. The van der Waals surface area contributed by atoms with E-state index >= 15 is 0 Å². The lowest BCUT2D eigenvalue weighted by atomic mass is 10.0. The Balaban J connectivity index is 2.12. The van der Waals surface area contributed by atoms with Crippen LogP contribution in [0, 0.1) is 27.7 Å². The number of aryl methyl sites for hydroxylation is 4. The molecule has 1 N–H and O–H groups in total. The van der Waals surface area contributed by atoms with E-state index in [-0.39, 0.29) is 5.91 Å². The third kappa shape index (κ3) is 2.96. The molecule has 0 bridgehead atoms. The Morgan fingerprint density at radius 2 is 1.85 bits per heavy atom. The van der Waals surface area contributed by atoms with Crippen molar-refractivity contribution in [2.45, 2.75) is 27.7 Å². The lowest BCUT2D eigenvalue weighted by Gasteiger charge is -2.06. The van der Waals surface area contributed by atoms with Gasteiger partial charge in [-0.3, -0.25) is 4.79 Å². The normalized spacial score (nSPS) is 11.0. The Morgan fingerprint density at radius 3 is 2.40 bits per heavy atom. The smallest absolute Gasteiger partial charge is 0.274 e. The molecule has 0 saturated heterocycles. The number of rotatable bonds is 3. The van der Waals surface area contributed by atoms with E-state index in [1.807, 2.05) is 13.8 Å². The van der Waals surface area contributed by atoms with Crippen LogP contribution in [0.4, 0.5) is 0 Å². The first-order valence-corrected chi connectivity index (χ1v) is 6.44. The molecule has 2 rings (SSSR count). The van der Waals surface area contributed by atoms with Gasteiger partial charge in [0.25, 0.3) is 5.91 Å². The highest BCUT2D eigenvalue weighted by Gasteiger charge is 2.10. The largest absolute Gasteiger partial charge is 0.469 e. The van der Waals surface area contributed by atoms with Crippen LogP contribution < -0.4 is 5.43 Å². The van der Waals surface area contributed by atoms with Gasteiger partial charge in [-0.05, 0) is 44.9 Å². The van der Waals surface area contributed by atoms with Crippen molar-refractivity contribution in [3.8, 4) is 0 Å². The highest BCUT2D eigenvalue weighted by atomic mass is 16.3. The van der Waals surface area contributed by atoms with Crippen molar-refractivity contribution < 1.29 is 9.21 Å². The van der Waals surface area contributed by atoms with Crippen LogP contribution in [0.5, 0.6) is 0 Å². The molecule has 20 heavy (non-hydrogen) atoms. The Kier molecular flexibility index (Phi) is 4.03. The molecule has 1 heterocycles. The fraction of sp³-hybridized carbons (Fsp3) is 0.250. The molecule has 0 fully saturated rings. The number of amides is 1. The summed E-state index contributed by atoms with van der Waals surface area (Å²) in [4.78, 5) is 11.9. The zero-order valence-corrected chi connectivity index (χ0v) is 12.2. The van der Waals surface area contributed by atoms with Crippen LogP contribution in [0.3, 0.4) is 0 Å². The lowest BCUT2D eigenvalue weighted by molar-refractivity contribution is 0.0953. The summed E-state index contributed by atoms with van der Waals surface area (Å²) in [6, 6.07) is 5.81. The van der Waals surface area contributed by atoms with Crippen LogP contribution in [0.2, 0.25) is 0 Å². The molecule has 0 spiro atoms. The summed E-state index contributed by atoms with van der Waals surface area (Å²) >= 11 is 0. The number of benzene rings is 1. The molecule has 1 aromatic carbocycles. The van der Waals surface area contributed by atoms with E-state index in [4.69, 9.17) is 4.42 Å². The zero-order chi connectivity index (χ0) is 14.7. The second-order valence-electron chi connectivity index (χ2n) is 4.90. The predicted octanol–water partition coefficient (Wildman–Crippen LogP) is 3.28. The lowest BCUT2D eigenvalue weighted by Crippen LogP contribution is -2.18. The molecule has 0 aliphatic carbocycles. The molecule has 0 radical (unpaired) electrons. The van der Waals surface area contributed by atoms with E-state index in [9.17, 15) is 4.79 Å². The maximum absolute atomic E-state index is 11.9. The standard InChI is InChI=1S/C16H18N2O2/c1-10-7-11(2)15(12(3)8-10)9-17-18-16(19)14-5-6-20-13(14)4/h5-9H,1-4H3,(H,18,19). The van der Waals surface area contributed by atoms with Crippen LogP contribution in [-0.4, -0.2) is 12.1 Å². The zero-order valence-electron chi connectivity index (χ0n) is 12.2. The molecule has 2 aromatic rings. The van der Waals surface area contributed by atoms with E-state index in [0.29, 0.717) is 11.3 Å². The summed E-state index contributed by atoms with van der Waals surface area (Å²) in [5.41, 5.74) is 7.54. The Labute approximate surface area is 118 Å². The number of carbonyl (C=O) groups is 1. The minimum absolute atomic E-state index is 0.269. The molecule has 0 unspecified atom stereocenters. The molecule has 4 nitrogen and oxygen atoms in total. The monoisotopic (exact) mass is 270 g/mol. The van der Waals surface area contributed by atoms with Crippen molar-refractivity contribution in [2.75, 3.05) is 0 Å². The van der Waals surface area contributed by atoms with Crippen molar-refractivity contribution >= 4 is 12.1 Å². The average Bonchev–Trinajstić information content (AvgIpc) is 2.78. The quantitative estimate of drug-likeness (QED) is 0.687. The Hall–Kier alpha value is -2.36. The van der Waals surface area contributed by atoms with Crippen LogP contribution >= 0.6 is 0 Å². The number of hydrogen-bond donors (Lipinski definition) is 1. The van der Waals surface area contributed by atoms with Crippen molar-refractivity contribution in [1.82, 2.24) is 5.43 Å². The number of hydrazone groups is 1. The first-order chi connectivity index (χ1) is 9.49. The molecule has 1 amide bonds. The predicted molar refractivity (Wildman–Crippen MR) is 79.2 cm³/mol. The fourth-order valence-electron chi connectivity index (χ4n) is 2.23. The molecule has 1 aromatic heterocycles. The van der Waals surface area contributed by atoms with E-state index < -0.39 is 0 Å². The summed E-state index contributed by atoms with van der Waals surface area (Å²) in [5, 5.41) is 4.02. The van der Waals surface area contributed by atoms with Gasteiger partial charge in [-0.2, -0.15) is 5.10 Å². The van der Waals surface area contributed by atoms with Crippen molar-refractivity contribution in [3.63, 3.8) is 0 Å². The topological polar surface area (TPSA) is 54.6 Å². The highest BCUT2D eigenvalue weighted by Crippen LogP contribution is 2.14. The van der Waals surface area contributed by atoms with Gasteiger partial charge in [-0.15, -0.1) is 0 Å². The first kappa shape index (κ1) is 14.1. The molecule has 0 aliphatic heterocycles. The maximum atomic E-state index is 11.9. The summed E-state index contributed by atoms with van der Waals surface area (Å²) in [6.45, 7) is 7.87. The van der Waals surface area contributed by atoms with Crippen LogP contribution in [0.15, 0.2) is 34.0 Å². The van der Waals surface area contributed by atoms with Gasteiger partial charge >= 0.3 is 0 Å². The number of carbonyl (C=O) groups excluding carboxylic acids is 1. The van der Waals surface area contributed by atoms with Gasteiger partial charge in [-0.1, -0.05) is 17.7 Å². The molecule has 0 atom stereocenters. The minimum Gasteiger partial charge on any atom is -0.469 e. The van der Waals surface area contributed by atoms with Gasteiger partial charge in [0, 0.05) is 5.56 Å². The highest BCUT2D eigenvalue weighted by molar-refractivity contribution is 5.95. The molecule has 4 heteroatoms. The summed E-state index contributed by atoms with van der Waals surface area (Å²) in [6.07, 6.45) is 3.17. The van der Waals surface area contributed by atoms with Crippen molar-refractivity contribution in [2.24, 2.45) is 5.10 Å². The summed E-state index contributed by atoms with van der Waals surface area (Å²) in [5.74, 6) is 0.315. The molecular weight excluding hydrogens is 252 g/mol. The third-order valence-corrected chi connectivity index (χ3v) is 3.20. The third-order valence-electron chi connectivity index (χ3n) is 3.20. The number of furan rings is 1. The summed E-state index contributed by atoms with van der Waals surface area (Å²) in [7, 11) is 0. The minimum atomic E-state index is -0.269. The van der Waals surface area contributed by atoms with Crippen LogP contribution in [0.1, 0.15) is 38.4 Å². The van der Waals surface area contributed by atoms with E-state index in [0.717, 1.165) is 16.7 Å². The van der Waals surface area contributed by atoms with Crippen LogP contribution in [0.25, 0.3) is 0 Å². The Bertz CT molecular complexity index is 646. The van der Waals surface area contributed by atoms with E-state index in [1.54, 1.807) is 19.2 Å². The van der Waals surface area contributed by atoms with Crippen molar-refractivity contribution in [1.29, 1.82) is 0 Å². The van der Waals surface area contributed by atoms with Gasteiger partial charge in [0.1, 0.15) is 5.76 Å². The van der Waals surface area contributed by atoms with Gasteiger partial charge < -0.3 is 4.42 Å². The van der Waals surface area contributed by atoms with Crippen molar-refractivity contribution in [3.05, 3.63) is 58.0 Å². The number of nitrogens with zero attached hydrogens (tertiary/aromatic N) is 1. The van der Waals surface area contributed by atoms with E-state index in [1.165, 1.54) is 11.8 Å². The van der Waals surface area contributed by atoms with Crippen LogP contribution in [-0.2, 0) is 0 Å². The number of hydrogen-bond acceptors (Lipinski definition) is 3. The Morgan fingerprint density at radius 1 is 1.20 bits per heavy atom. The average molecular weight is 270 g/mol. The number of nitrogens with one attached hydrogen (secondary N) is 1. The molecule has 104 valence electrons. The first-order valence-electron chi connectivity index (χ1n) is 6.44. The van der Waals surface area contributed by atoms with Gasteiger partial charge in [0.15, 0.2) is 0 Å². The second kappa shape index (κ2) is 5.74. The van der Waals surface area contributed by atoms with Gasteiger partial charge in [0.05, 0.1) is 18.0 Å². The van der Waals surface area contributed by atoms with Gasteiger partial charge in [0.2, 0.25) is 0 Å². The molecule has 0 aliphatic rings. The summed E-state index contributed by atoms with van der Waals surface area (Å²) < 4.78 is 5.09. The fourth-order valence-corrected chi connectivity index (χ4v) is 2.23. The maximum Gasteiger partial charge on any atom is 0.274 e.